The number of sulfonamides is 1. The smallest absolute Gasteiger partial charge is 0.243 e. The summed E-state index contributed by atoms with van der Waals surface area (Å²) in [7, 11) is 1.30. The lowest BCUT2D eigenvalue weighted by Gasteiger charge is -2.21. The molecule has 0 aromatic heterocycles. The summed E-state index contributed by atoms with van der Waals surface area (Å²) in [6.07, 6.45) is 0.402. The van der Waals surface area contributed by atoms with E-state index < -0.39 is 10.0 Å². The molecule has 2 aromatic rings. The monoisotopic (exact) mass is 446 g/mol. The van der Waals surface area contributed by atoms with E-state index in [1.54, 1.807) is 44.4 Å². The first-order chi connectivity index (χ1) is 14.8. The van der Waals surface area contributed by atoms with Crippen molar-refractivity contribution in [3.8, 4) is 22.6 Å². The number of likely N-dealkylation sites (N-methyl/N-ethyl adjacent to an activating group) is 1. The van der Waals surface area contributed by atoms with Crippen LogP contribution >= 0.6 is 0 Å². The molecule has 168 valence electrons. The molecule has 0 spiro atoms. The van der Waals surface area contributed by atoms with Crippen LogP contribution in [-0.4, -0.2) is 64.4 Å². The van der Waals surface area contributed by atoms with E-state index in [1.807, 2.05) is 32.0 Å². The fraction of sp³-hybridized carbons (Fsp3) is 0.435. The molecule has 1 saturated heterocycles. The van der Waals surface area contributed by atoms with Gasteiger partial charge in [-0.2, -0.15) is 4.31 Å². The van der Waals surface area contributed by atoms with Gasteiger partial charge in [-0.3, -0.25) is 4.79 Å². The Morgan fingerprint density at radius 3 is 2.26 bits per heavy atom. The summed E-state index contributed by atoms with van der Waals surface area (Å²) in [5.41, 5.74) is 2.54. The predicted molar refractivity (Wildman–Crippen MR) is 120 cm³/mol. The zero-order chi connectivity index (χ0) is 22.8. The second kappa shape index (κ2) is 9.28. The zero-order valence-electron chi connectivity index (χ0n) is 18.7. The summed E-state index contributed by atoms with van der Waals surface area (Å²) in [6.45, 7) is 5.04. The molecule has 3 rings (SSSR count). The zero-order valence-corrected chi connectivity index (χ0v) is 19.5. The van der Waals surface area contributed by atoms with Crippen molar-refractivity contribution in [2.24, 2.45) is 0 Å². The first kappa shape index (κ1) is 23.1. The molecule has 1 atom stereocenters. The van der Waals surface area contributed by atoms with Gasteiger partial charge in [0.2, 0.25) is 15.9 Å². The van der Waals surface area contributed by atoms with Crippen LogP contribution in [0.15, 0.2) is 41.3 Å². The Bertz CT molecular complexity index is 1060. The van der Waals surface area contributed by atoms with E-state index in [-0.39, 0.29) is 16.7 Å². The third-order valence-corrected chi connectivity index (χ3v) is 7.89. The second-order valence-corrected chi connectivity index (χ2v) is 9.52. The fourth-order valence-corrected chi connectivity index (χ4v) is 5.57. The third-order valence-electron chi connectivity index (χ3n) is 5.84. The van der Waals surface area contributed by atoms with Crippen molar-refractivity contribution in [1.82, 2.24) is 9.21 Å². The molecular formula is C23H30N2O5S. The molecule has 31 heavy (non-hydrogen) atoms. The molecule has 1 aliphatic heterocycles. The van der Waals surface area contributed by atoms with Crippen molar-refractivity contribution in [3.05, 3.63) is 42.0 Å². The largest absolute Gasteiger partial charge is 0.493 e. The van der Waals surface area contributed by atoms with Crippen LogP contribution in [0.3, 0.4) is 0 Å². The van der Waals surface area contributed by atoms with Gasteiger partial charge in [0.05, 0.1) is 19.1 Å². The Balaban J connectivity index is 2.19. The number of methoxy groups -OCH3 is 2. The first-order valence-corrected chi connectivity index (χ1v) is 11.8. The van der Waals surface area contributed by atoms with Gasteiger partial charge in [0.15, 0.2) is 11.5 Å². The molecule has 1 unspecified atom stereocenters. The van der Waals surface area contributed by atoms with Gasteiger partial charge in [0.1, 0.15) is 0 Å². The van der Waals surface area contributed by atoms with Crippen molar-refractivity contribution < 1.29 is 22.7 Å². The molecular weight excluding hydrogens is 416 g/mol. The summed E-state index contributed by atoms with van der Waals surface area (Å²) >= 11 is 0. The molecule has 1 aliphatic rings. The topological polar surface area (TPSA) is 76.2 Å². The minimum Gasteiger partial charge on any atom is -0.493 e. The van der Waals surface area contributed by atoms with Crippen LogP contribution in [0, 0.1) is 0 Å². The van der Waals surface area contributed by atoms with Crippen LogP contribution in [0.2, 0.25) is 0 Å². The highest BCUT2D eigenvalue weighted by Gasteiger charge is 2.31. The number of rotatable bonds is 8. The highest BCUT2D eigenvalue weighted by molar-refractivity contribution is 7.89. The Hall–Kier alpha value is -2.58. The molecule has 1 amide bonds. The van der Waals surface area contributed by atoms with E-state index in [0.29, 0.717) is 37.6 Å². The molecule has 1 heterocycles. The number of ether oxygens (including phenoxy) is 2. The van der Waals surface area contributed by atoms with Gasteiger partial charge in [0, 0.05) is 39.0 Å². The van der Waals surface area contributed by atoms with Crippen molar-refractivity contribution >= 4 is 15.9 Å². The maximum atomic E-state index is 13.2. The highest BCUT2D eigenvalue weighted by atomic mass is 32.2. The van der Waals surface area contributed by atoms with Crippen LogP contribution in [0.1, 0.15) is 31.7 Å². The van der Waals surface area contributed by atoms with E-state index in [4.69, 9.17) is 9.47 Å². The van der Waals surface area contributed by atoms with Crippen molar-refractivity contribution in [2.75, 3.05) is 40.9 Å². The SMILES string of the molecule is CCN(CC)S(=O)(=O)c1ccc(C2CC(=O)N(C)C2)c(-c2ccc(OC)c(OC)c2)c1. The lowest BCUT2D eigenvalue weighted by Crippen LogP contribution is -2.30. The van der Waals surface area contributed by atoms with Crippen molar-refractivity contribution in [2.45, 2.75) is 31.1 Å². The average Bonchev–Trinajstić information content (AvgIpc) is 3.11. The van der Waals surface area contributed by atoms with E-state index in [9.17, 15) is 13.2 Å². The molecule has 0 aliphatic carbocycles. The lowest BCUT2D eigenvalue weighted by molar-refractivity contribution is -0.126. The van der Waals surface area contributed by atoms with Gasteiger partial charge in [-0.25, -0.2) is 8.42 Å². The van der Waals surface area contributed by atoms with E-state index >= 15 is 0 Å². The standard InChI is InChI=1S/C23H30N2O5S/c1-6-25(7-2)31(27,28)18-9-10-19(17-13-23(26)24(3)15-17)20(14-18)16-8-11-21(29-4)22(12-16)30-5/h8-12,14,17H,6-7,13,15H2,1-5H3. The molecule has 0 bridgehead atoms. The van der Waals surface area contributed by atoms with Crippen LogP contribution in [0.5, 0.6) is 11.5 Å². The summed E-state index contributed by atoms with van der Waals surface area (Å²) in [5.74, 6) is 1.23. The molecule has 0 N–H and O–H groups in total. The lowest BCUT2D eigenvalue weighted by atomic mass is 9.89. The number of hydrogen-bond acceptors (Lipinski definition) is 5. The molecule has 2 aromatic carbocycles. The van der Waals surface area contributed by atoms with Gasteiger partial charge < -0.3 is 14.4 Å². The summed E-state index contributed by atoms with van der Waals surface area (Å²) in [5, 5.41) is 0. The Morgan fingerprint density at radius 2 is 1.71 bits per heavy atom. The van der Waals surface area contributed by atoms with Crippen LogP contribution < -0.4 is 9.47 Å². The highest BCUT2D eigenvalue weighted by Crippen LogP contribution is 2.39. The molecule has 0 radical (unpaired) electrons. The number of benzene rings is 2. The Kier molecular flexibility index (Phi) is 6.91. The summed E-state index contributed by atoms with van der Waals surface area (Å²) in [4.78, 5) is 14.1. The normalized spacial score (nSPS) is 16.8. The number of likely N-dealkylation sites (tertiary alicyclic amines) is 1. The Morgan fingerprint density at radius 1 is 1.03 bits per heavy atom. The van der Waals surface area contributed by atoms with Crippen molar-refractivity contribution in [3.63, 3.8) is 0 Å². The molecule has 1 fully saturated rings. The van der Waals surface area contributed by atoms with Gasteiger partial charge in [-0.05, 0) is 41.0 Å². The maximum absolute atomic E-state index is 13.2. The molecule has 0 saturated carbocycles. The number of nitrogens with zero attached hydrogens (tertiary/aromatic N) is 2. The molecule has 7 nitrogen and oxygen atoms in total. The summed E-state index contributed by atoms with van der Waals surface area (Å²) in [6, 6.07) is 10.7. The fourth-order valence-electron chi connectivity index (χ4n) is 4.09. The number of amides is 1. The molecule has 8 heteroatoms. The quantitative estimate of drug-likeness (QED) is 0.622. The van der Waals surface area contributed by atoms with Crippen LogP contribution in [0.25, 0.3) is 11.1 Å². The number of hydrogen-bond donors (Lipinski definition) is 0. The second-order valence-electron chi connectivity index (χ2n) is 7.58. The Labute approximate surface area is 184 Å². The number of carbonyl (C=O) groups is 1. The van der Waals surface area contributed by atoms with Gasteiger partial charge >= 0.3 is 0 Å². The minimum atomic E-state index is -3.62. The van der Waals surface area contributed by atoms with E-state index in [0.717, 1.165) is 16.7 Å². The average molecular weight is 447 g/mol. The van der Waals surface area contributed by atoms with Crippen LogP contribution in [-0.2, 0) is 14.8 Å². The minimum absolute atomic E-state index is 0.00851. The van der Waals surface area contributed by atoms with Crippen LogP contribution in [0.4, 0.5) is 0 Å². The number of carbonyl (C=O) groups excluding carboxylic acids is 1. The van der Waals surface area contributed by atoms with Gasteiger partial charge in [-0.15, -0.1) is 0 Å². The van der Waals surface area contributed by atoms with E-state index in [1.165, 1.54) is 4.31 Å². The van der Waals surface area contributed by atoms with Gasteiger partial charge in [-0.1, -0.05) is 26.0 Å². The van der Waals surface area contributed by atoms with Crippen molar-refractivity contribution in [1.29, 1.82) is 0 Å². The first-order valence-electron chi connectivity index (χ1n) is 10.4. The third kappa shape index (κ3) is 4.41. The maximum Gasteiger partial charge on any atom is 0.243 e. The van der Waals surface area contributed by atoms with E-state index in [2.05, 4.69) is 0 Å². The van der Waals surface area contributed by atoms with Gasteiger partial charge in [0.25, 0.3) is 0 Å². The predicted octanol–water partition coefficient (Wildman–Crippen LogP) is 3.35. The summed E-state index contributed by atoms with van der Waals surface area (Å²) < 4.78 is 38.6.